The molecule has 6 heteroatoms. The molecule has 4 rings (SSSR count). The van der Waals surface area contributed by atoms with Gasteiger partial charge in [0.15, 0.2) is 5.65 Å². The first-order chi connectivity index (χ1) is 10.8. The van der Waals surface area contributed by atoms with Crippen molar-refractivity contribution in [2.45, 2.75) is 6.54 Å². The molecule has 0 radical (unpaired) electrons. The molecule has 2 N–H and O–H groups in total. The van der Waals surface area contributed by atoms with Crippen molar-refractivity contribution in [3.05, 3.63) is 59.1 Å². The predicted molar refractivity (Wildman–Crippen MR) is 88.0 cm³/mol. The molecule has 0 aliphatic carbocycles. The Bertz CT molecular complexity index is 949. The predicted octanol–water partition coefficient (Wildman–Crippen LogP) is 3.77. The number of aromatic amines is 1. The average Bonchev–Trinajstić information content (AvgIpc) is 2.91. The van der Waals surface area contributed by atoms with Gasteiger partial charge in [0.1, 0.15) is 5.52 Å². The van der Waals surface area contributed by atoms with Crippen LogP contribution in [-0.4, -0.2) is 20.2 Å². The van der Waals surface area contributed by atoms with Crippen LogP contribution in [0.5, 0.6) is 0 Å². The third-order valence-electron chi connectivity index (χ3n) is 3.47. The number of benzene rings is 2. The maximum atomic E-state index is 6.03. The highest BCUT2D eigenvalue weighted by Crippen LogP contribution is 2.25. The van der Waals surface area contributed by atoms with Crippen LogP contribution >= 0.6 is 11.6 Å². The van der Waals surface area contributed by atoms with Gasteiger partial charge in [-0.05, 0) is 23.8 Å². The van der Waals surface area contributed by atoms with Gasteiger partial charge in [0.2, 0.25) is 5.95 Å². The number of hydrogen-bond donors (Lipinski definition) is 2. The largest absolute Gasteiger partial charge is 0.349 e. The van der Waals surface area contributed by atoms with Crippen LogP contribution in [0.4, 0.5) is 5.95 Å². The minimum Gasteiger partial charge on any atom is -0.349 e. The third kappa shape index (κ3) is 2.35. The lowest BCUT2D eigenvalue weighted by molar-refractivity contribution is 0.983. The van der Waals surface area contributed by atoms with Crippen molar-refractivity contribution in [1.29, 1.82) is 0 Å². The maximum absolute atomic E-state index is 6.03. The lowest BCUT2D eigenvalue weighted by atomic mass is 10.2. The number of nitrogens with one attached hydrogen (secondary N) is 2. The van der Waals surface area contributed by atoms with E-state index in [1.54, 1.807) is 0 Å². The molecule has 0 amide bonds. The number of rotatable bonds is 3. The summed E-state index contributed by atoms with van der Waals surface area (Å²) in [5.41, 5.74) is 3.53. The molecule has 0 aliphatic rings. The summed E-state index contributed by atoms with van der Waals surface area (Å²) in [6.07, 6.45) is 0. The zero-order valence-electron chi connectivity index (χ0n) is 11.5. The molecule has 2 aromatic heterocycles. The summed E-state index contributed by atoms with van der Waals surface area (Å²) in [7, 11) is 0. The second-order valence-corrected chi connectivity index (χ2v) is 5.42. The Balaban J connectivity index is 1.67. The van der Waals surface area contributed by atoms with E-state index in [0.717, 1.165) is 22.0 Å². The van der Waals surface area contributed by atoms with Crippen LogP contribution < -0.4 is 5.32 Å². The molecular weight excluding hydrogens is 298 g/mol. The van der Waals surface area contributed by atoms with E-state index in [1.165, 1.54) is 0 Å². The summed E-state index contributed by atoms with van der Waals surface area (Å²) in [6, 6.07) is 15.7. The topological polar surface area (TPSA) is 66.5 Å². The van der Waals surface area contributed by atoms with Gasteiger partial charge >= 0.3 is 0 Å². The van der Waals surface area contributed by atoms with Crippen LogP contribution in [0.1, 0.15) is 5.56 Å². The molecule has 2 heterocycles. The lowest BCUT2D eigenvalue weighted by Crippen LogP contribution is -2.04. The number of nitrogens with zero attached hydrogens (tertiary/aromatic N) is 3. The summed E-state index contributed by atoms with van der Waals surface area (Å²) < 4.78 is 0. The first-order valence-corrected chi connectivity index (χ1v) is 7.27. The first-order valence-electron chi connectivity index (χ1n) is 6.89. The number of H-pyrrole nitrogens is 1. The SMILES string of the molecule is Clc1ccc2[nH]c3nc(NCc4ccccc4)nnc3c2c1. The second-order valence-electron chi connectivity index (χ2n) is 4.99. The fraction of sp³-hybridized carbons (Fsp3) is 0.0625. The minimum absolute atomic E-state index is 0.494. The van der Waals surface area contributed by atoms with Crippen molar-refractivity contribution >= 4 is 39.6 Å². The molecule has 0 fully saturated rings. The standard InChI is InChI=1S/C16H12ClN5/c17-11-6-7-13-12(8-11)14-15(19-13)20-16(22-21-14)18-9-10-4-2-1-3-5-10/h1-8H,9H2,(H2,18,19,20,22). The van der Waals surface area contributed by atoms with E-state index in [1.807, 2.05) is 48.5 Å². The fourth-order valence-electron chi connectivity index (χ4n) is 2.40. The average molecular weight is 310 g/mol. The van der Waals surface area contributed by atoms with Crippen molar-refractivity contribution in [1.82, 2.24) is 20.2 Å². The van der Waals surface area contributed by atoms with E-state index in [4.69, 9.17) is 11.6 Å². The van der Waals surface area contributed by atoms with Gasteiger partial charge in [-0.15, -0.1) is 10.2 Å². The third-order valence-corrected chi connectivity index (χ3v) is 3.71. The number of hydrogen-bond acceptors (Lipinski definition) is 4. The fourth-order valence-corrected chi connectivity index (χ4v) is 2.57. The van der Waals surface area contributed by atoms with E-state index in [-0.39, 0.29) is 0 Å². The molecule has 0 saturated heterocycles. The Morgan fingerprint density at radius 1 is 1.05 bits per heavy atom. The van der Waals surface area contributed by atoms with Crippen molar-refractivity contribution in [3.63, 3.8) is 0 Å². The normalized spacial score (nSPS) is 11.1. The van der Waals surface area contributed by atoms with Gasteiger partial charge in [-0.1, -0.05) is 41.9 Å². The summed E-state index contributed by atoms with van der Waals surface area (Å²) >= 11 is 6.03. The van der Waals surface area contributed by atoms with Gasteiger partial charge < -0.3 is 10.3 Å². The van der Waals surface area contributed by atoms with Crippen LogP contribution in [0.2, 0.25) is 5.02 Å². The molecule has 0 unspecified atom stereocenters. The number of anilines is 1. The van der Waals surface area contributed by atoms with Crippen molar-refractivity contribution in [2.24, 2.45) is 0 Å². The van der Waals surface area contributed by atoms with Crippen LogP contribution in [-0.2, 0) is 6.54 Å². The highest BCUT2D eigenvalue weighted by molar-refractivity contribution is 6.31. The monoisotopic (exact) mass is 309 g/mol. The Kier molecular flexibility index (Phi) is 3.12. The molecule has 22 heavy (non-hydrogen) atoms. The zero-order valence-corrected chi connectivity index (χ0v) is 12.3. The molecule has 0 atom stereocenters. The molecule has 2 aromatic carbocycles. The molecule has 5 nitrogen and oxygen atoms in total. The lowest BCUT2D eigenvalue weighted by Gasteiger charge is -2.03. The molecule has 4 aromatic rings. The summed E-state index contributed by atoms with van der Waals surface area (Å²) in [5.74, 6) is 0.494. The van der Waals surface area contributed by atoms with Crippen LogP contribution in [0.25, 0.3) is 22.1 Å². The number of fused-ring (bicyclic) bond motifs is 3. The van der Waals surface area contributed by atoms with Gasteiger partial charge in [0.05, 0.1) is 0 Å². The molecular formula is C16H12ClN5. The second kappa shape index (κ2) is 5.27. The van der Waals surface area contributed by atoms with Gasteiger partial charge in [0, 0.05) is 22.5 Å². The van der Waals surface area contributed by atoms with Crippen LogP contribution in [0.3, 0.4) is 0 Å². The summed E-state index contributed by atoms with van der Waals surface area (Å²) in [5, 5.41) is 13.2. The highest BCUT2D eigenvalue weighted by atomic mass is 35.5. The minimum atomic E-state index is 0.494. The summed E-state index contributed by atoms with van der Waals surface area (Å²) in [6.45, 7) is 0.653. The summed E-state index contributed by atoms with van der Waals surface area (Å²) in [4.78, 5) is 7.71. The van der Waals surface area contributed by atoms with Crippen molar-refractivity contribution < 1.29 is 0 Å². The van der Waals surface area contributed by atoms with Gasteiger partial charge in [0.25, 0.3) is 0 Å². The van der Waals surface area contributed by atoms with E-state index in [0.29, 0.717) is 23.2 Å². The van der Waals surface area contributed by atoms with E-state index in [2.05, 4.69) is 25.5 Å². The first kappa shape index (κ1) is 13.0. The van der Waals surface area contributed by atoms with Crippen LogP contribution in [0.15, 0.2) is 48.5 Å². The molecule has 0 spiro atoms. The van der Waals surface area contributed by atoms with Gasteiger partial charge in [-0.25, -0.2) is 0 Å². The highest BCUT2D eigenvalue weighted by Gasteiger charge is 2.09. The van der Waals surface area contributed by atoms with E-state index in [9.17, 15) is 0 Å². The molecule has 108 valence electrons. The number of halogens is 1. The Morgan fingerprint density at radius 2 is 1.91 bits per heavy atom. The number of aromatic nitrogens is 4. The van der Waals surface area contributed by atoms with Crippen molar-refractivity contribution in [3.8, 4) is 0 Å². The Labute approximate surface area is 131 Å². The molecule has 0 bridgehead atoms. The molecule has 0 aliphatic heterocycles. The van der Waals surface area contributed by atoms with E-state index < -0.39 is 0 Å². The molecule has 0 saturated carbocycles. The van der Waals surface area contributed by atoms with Crippen molar-refractivity contribution in [2.75, 3.05) is 5.32 Å². The Hall–Kier alpha value is -2.66. The zero-order chi connectivity index (χ0) is 14.9. The van der Waals surface area contributed by atoms with Crippen LogP contribution in [0, 0.1) is 0 Å². The Morgan fingerprint density at radius 3 is 2.77 bits per heavy atom. The smallest absolute Gasteiger partial charge is 0.245 e. The van der Waals surface area contributed by atoms with E-state index >= 15 is 0 Å². The maximum Gasteiger partial charge on any atom is 0.245 e. The quantitative estimate of drug-likeness (QED) is 0.604. The van der Waals surface area contributed by atoms with Gasteiger partial charge in [-0.3, -0.25) is 0 Å². The van der Waals surface area contributed by atoms with Gasteiger partial charge in [-0.2, -0.15) is 4.98 Å².